The Morgan fingerprint density at radius 1 is 0.977 bits per heavy atom. The van der Waals surface area contributed by atoms with Crippen molar-refractivity contribution < 1.29 is 14.6 Å². The molecule has 4 heterocycles. The van der Waals surface area contributed by atoms with Crippen molar-refractivity contribution in [2.75, 3.05) is 52.4 Å². The van der Waals surface area contributed by atoms with Crippen LogP contribution in [-0.4, -0.2) is 105 Å². The number of carboxylic acids is 1. The van der Waals surface area contributed by atoms with Gasteiger partial charge in [0.25, 0.3) is 0 Å². The number of aliphatic carboxylic acids is 1. The van der Waals surface area contributed by atoms with Crippen molar-refractivity contribution in [3.05, 3.63) is 36.4 Å². The molecule has 2 aromatic rings. The summed E-state index contributed by atoms with van der Waals surface area (Å²) in [7, 11) is -1.14. The summed E-state index contributed by atoms with van der Waals surface area (Å²) in [5.41, 5.74) is 0.537. The molecular weight excluding hydrogens is 570 g/mol. The second-order valence-electron chi connectivity index (χ2n) is 15.0. The first-order valence-corrected chi connectivity index (χ1v) is 20.7. The molecule has 11 heteroatoms. The van der Waals surface area contributed by atoms with Crippen molar-refractivity contribution in [1.82, 2.24) is 33.8 Å². The van der Waals surface area contributed by atoms with Crippen molar-refractivity contribution in [3.8, 4) is 0 Å². The zero-order chi connectivity index (χ0) is 31.6. The third-order valence-electron chi connectivity index (χ3n) is 9.36. The first-order valence-electron chi connectivity index (χ1n) is 17.0. The monoisotopic (exact) mass is 629 g/mol. The number of piperidine rings is 1. The van der Waals surface area contributed by atoms with E-state index in [1.165, 1.54) is 52.0 Å². The van der Waals surface area contributed by atoms with E-state index >= 15 is 0 Å². The summed E-state index contributed by atoms with van der Waals surface area (Å²) in [4.78, 5) is 28.2. The fourth-order valence-corrected chi connectivity index (χ4v) is 7.49. The number of ether oxygens (including phenoxy) is 1. The van der Waals surface area contributed by atoms with Gasteiger partial charge in [0.1, 0.15) is 18.4 Å². The minimum Gasteiger partial charge on any atom is -0.481 e. The molecule has 0 atom stereocenters. The molecular formula is C33H59N7O3Si. The second-order valence-corrected chi connectivity index (χ2v) is 20.6. The predicted octanol–water partition coefficient (Wildman–Crippen LogP) is 5.09. The number of rotatable bonds is 19. The van der Waals surface area contributed by atoms with Crippen molar-refractivity contribution >= 4 is 14.0 Å². The van der Waals surface area contributed by atoms with Crippen LogP contribution in [0.25, 0.3) is 0 Å². The Kier molecular flexibility index (Phi) is 13.0. The third kappa shape index (κ3) is 11.4. The molecule has 2 aromatic heterocycles. The van der Waals surface area contributed by atoms with Crippen LogP contribution in [0.15, 0.2) is 24.8 Å². The van der Waals surface area contributed by atoms with Crippen LogP contribution in [0, 0.1) is 11.3 Å². The molecule has 0 aromatic carbocycles. The van der Waals surface area contributed by atoms with Gasteiger partial charge < -0.3 is 28.8 Å². The molecule has 1 N–H and O–H groups in total. The third-order valence-corrected chi connectivity index (χ3v) is 11.1. The van der Waals surface area contributed by atoms with Gasteiger partial charge in [0.05, 0.1) is 13.1 Å². The summed E-state index contributed by atoms with van der Waals surface area (Å²) in [6, 6.07) is 1.14. The van der Waals surface area contributed by atoms with Crippen LogP contribution in [0.2, 0.25) is 25.7 Å². The van der Waals surface area contributed by atoms with Gasteiger partial charge in [0.15, 0.2) is 0 Å². The fourth-order valence-electron chi connectivity index (χ4n) is 6.73. The van der Waals surface area contributed by atoms with Crippen LogP contribution in [0.1, 0.15) is 64.0 Å². The van der Waals surface area contributed by atoms with Gasteiger partial charge in [-0.1, -0.05) is 33.5 Å². The fraction of sp³-hybridized carbons (Fsp3) is 0.788. The number of nitrogens with zero attached hydrogens (tertiary/aromatic N) is 7. The van der Waals surface area contributed by atoms with Crippen LogP contribution in [0.4, 0.5) is 0 Å². The summed E-state index contributed by atoms with van der Waals surface area (Å²) in [6.45, 7) is 23.3. The molecule has 4 rings (SSSR count). The molecule has 0 amide bonds. The first kappa shape index (κ1) is 34.8. The lowest BCUT2D eigenvalue weighted by atomic mass is 9.77. The smallest absolute Gasteiger partial charge is 0.303 e. The quantitative estimate of drug-likeness (QED) is 0.170. The molecule has 0 saturated carbocycles. The maximum Gasteiger partial charge on any atom is 0.303 e. The standard InChI is InChI=1S/C33H59N7O3Si/c1-29(2)24-36-17-9-33(10-18-36)11-19-37(27-33)15-7-16-39-20-12-34-30(39)25-38(14-6-8-32(41)42)26-31-35-13-21-40(31)28-43-22-23-44(3,4)5/h12-13,20-21,29H,6-11,14-19,22-28H2,1-5H3,(H,41,42). The number of hydrogen-bond donors (Lipinski definition) is 1. The summed E-state index contributed by atoms with van der Waals surface area (Å²) < 4.78 is 10.3. The van der Waals surface area contributed by atoms with E-state index in [9.17, 15) is 9.90 Å². The summed E-state index contributed by atoms with van der Waals surface area (Å²) in [5.74, 6) is 1.96. The highest BCUT2D eigenvalue weighted by molar-refractivity contribution is 6.76. The summed E-state index contributed by atoms with van der Waals surface area (Å²) in [6.07, 6.45) is 13.7. The predicted molar refractivity (Wildman–Crippen MR) is 178 cm³/mol. The van der Waals surface area contributed by atoms with E-state index in [0.717, 1.165) is 49.7 Å². The Morgan fingerprint density at radius 2 is 1.61 bits per heavy atom. The Balaban J connectivity index is 1.27. The molecule has 1 spiro atoms. The Labute approximate surface area is 266 Å². The molecule has 0 radical (unpaired) electrons. The van der Waals surface area contributed by atoms with Crippen molar-refractivity contribution in [2.45, 2.75) is 104 Å². The molecule has 0 unspecified atom stereocenters. The van der Waals surface area contributed by atoms with Crippen LogP contribution in [-0.2, 0) is 35.9 Å². The Morgan fingerprint density at radius 3 is 2.25 bits per heavy atom. The van der Waals surface area contributed by atoms with Gasteiger partial charge in [0, 0.05) is 65.5 Å². The summed E-state index contributed by atoms with van der Waals surface area (Å²) >= 11 is 0. The second kappa shape index (κ2) is 16.5. The van der Waals surface area contributed by atoms with Crippen LogP contribution < -0.4 is 0 Å². The summed E-state index contributed by atoms with van der Waals surface area (Å²) in [5, 5.41) is 9.25. The molecule has 0 aliphatic carbocycles. The minimum atomic E-state index is -1.14. The van der Waals surface area contributed by atoms with Gasteiger partial charge >= 0.3 is 5.97 Å². The van der Waals surface area contributed by atoms with Gasteiger partial charge in [-0.2, -0.15) is 0 Å². The minimum absolute atomic E-state index is 0.159. The topological polar surface area (TPSA) is 91.9 Å². The van der Waals surface area contributed by atoms with Crippen LogP contribution in [0.3, 0.4) is 0 Å². The lowest BCUT2D eigenvalue weighted by Gasteiger charge is -2.40. The number of carboxylic acid groups (broad SMARTS) is 1. The average Bonchev–Trinajstić information content (AvgIpc) is 3.68. The van der Waals surface area contributed by atoms with Crippen molar-refractivity contribution in [2.24, 2.45) is 11.3 Å². The van der Waals surface area contributed by atoms with Crippen LogP contribution >= 0.6 is 0 Å². The largest absolute Gasteiger partial charge is 0.481 e. The van der Waals surface area contributed by atoms with E-state index in [2.05, 4.69) is 68.5 Å². The number of aromatic nitrogens is 4. The highest BCUT2D eigenvalue weighted by atomic mass is 28.3. The van der Waals surface area contributed by atoms with Gasteiger partial charge in [-0.3, -0.25) is 9.69 Å². The van der Waals surface area contributed by atoms with Crippen molar-refractivity contribution in [1.29, 1.82) is 0 Å². The molecule has 44 heavy (non-hydrogen) atoms. The number of likely N-dealkylation sites (tertiary alicyclic amines) is 2. The van der Waals surface area contributed by atoms with E-state index in [0.29, 0.717) is 38.2 Å². The van der Waals surface area contributed by atoms with Crippen LogP contribution in [0.5, 0.6) is 0 Å². The zero-order valence-corrected chi connectivity index (χ0v) is 29.2. The number of hydrogen-bond acceptors (Lipinski definition) is 7. The molecule has 0 bridgehead atoms. The maximum absolute atomic E-state index is 11.2. The van der Waals surface area contributed by atoms with E-state index in [1.807, 2.05) is 18.6 Å². The molecule has 10 nitrogen and oxygen atoms in total. The molecule has 2 fully saturated rings. The highest BCUT2D eigenvalue weighted by Crippen LogP contribution is 2.40. The van der Waals surface area contributed by atoms with E-state index < -0.39 is 14.0 Å². The SMILES string of the molecule is CC(C)CN1CCC2(CC1)CCN(CCCn1ccnc1CN(CCCC(=O)O)Cc1nccn1COCC[Si](C)(C)C)C2. The van der Waals surface area contributed by atoms with Gasteiger partial charge in [-0.25, -0.2) is 9.97 Å². The number of carbonyl (C=O) groups is 1. The Bertz CT molecular complexity index is 1140. The number of imidazole rings is 2. The normalized spacial score (nSPS) is 17.9. The van der Waals surface area contributed by atoms with E-state index in [-0.39, 0.29) is 6.42 Å². The molecule has 248 valence electrons. The molecule has 2 aliphatic rings. The lowest BCUT2D eigenvalue weighted by molar-refractivity contribution is -0.137. The Hall–Kier alpha value is -2.05. The van der Waals surface area contributed by atoms with Gasteiger partial charge in [-0.05, 0) is 82.2 Å². The lowest BCUT2D eigenvalue weighted by Crippen LogP contribution is -2.42. The molecule has 2 saturated heterocycles. The van der Waals surface area contributed by atoms with E-state index in [1.54, 1.807) is 0 Å². The maximum atomic E-state index is 11.2. The van der Waals surface area contributed by atoms with Gasteiger partial charge in [-0.15, -0.1) is 0 Å². The highest BCUT2D eigenvalue weighted by Gasteiger charge is 2.40. The first-order chi connectivity index (χ1) is 21.0. The number of aryl methyl sites for hydroxylation is 1. The zero-order valence-electron chi connectivity index (χ0n) is 28.2. The van der Waals surface area contributed by atoms with Gasteiger partial charge in [0.2, 0.25) is 0 Å². The van der Waals surface area contributed by atoms with Crippen molar-refractivity contribution in [3.63, 3.8) is 0 Å². The molecule has 2 aliphatic heterocycles. The van der Waals surface area contributed by atoms with E-state index in [4.69, 9.17) is 9.72 Å². The average molecular weight is 630 g/mol.